The summed E-state index contributed by atoms with van der Waals surface area (Å²) >= 11 is 0. The Morgan fingerprint density at radius 3 is 2.28 bits per heavy atom. The third-order valence-electron chi connectivity index (χ3n) is 2.74. The van der Waals surface area contributed by atoms with Gasteiger partial charge >= 0.3 is 6.09 Å². The van der Waals surface area contributed by atoms with E-state index in [1.54, 1.807) is 20.8 Å². The number of halogens is 2. The highest BCUT2D eigenvalue weighted by molar-refractivity contribution is 5.68. The number of amides is 1. The van der Waals surface area contributed by atoms with Crippen LogP contribution in [0.3, 0.4) is 0 Å². The zero-order valence-electron chi connectivity index (χ0n) is 11.3. The third kappa shape index (κ3) is 5.16. The molecule has 1 rings (SSSR count). The van der Waals surface area contributed by atoms with Crippen LogP contribution in [0.15, 0.2) is 0 Å². The van der Waals surface area contributed by atoms with E-state index in [2.05, 4.69) is 10.6 Å². The van der Waals surface area contributed by atoms with Crippen molar-refractivity contribution in [3.8, 4) is 0 Å². The van der Waals surface area contributed by atoms with Gasteiger partial charge in [-0.3, -0.25) is 0 Å². The minimum Gasteiger partial charge on any atom is -0.444 e. The molecule has 1 aliphatic rings. The van der Waals surface area contributed by atoms with Gasteiger partial charge in [0.05, 0.1) is 6.04 Å². The maximum absolute atomic E-state index is 12.3. The second-order valence-corrected chi connectivity index (χ2v) is 5.80. The van der Waals surface area contributed by atoms with Crippen molar-refractivity contribution in [2.45, 2.75) is 70.7 Å². The molecule has 0 heterocycles. The van der Waals surface area contributed by atoms with Crippen LogP contribution in [0, 0.1) is 0 Å². The summed E-state index contributed by atoms with van der Waals surface area (Å²) in [5.74, 6) is 0. The van der Waals surface area contributed by atoms with E-state index in [0.717, 1.165) is 0 Å². The Hall–Kier alpha value is -0.910. The van der Waals surface area contributed by atoms with Crippen molar-refractivity contribution >= 4 is 6.09 Å². The van der Waals surface area contributed by atoms with Crippen LogP contribution in [0.1, 0.15) is 40.5 Å². The summed E-state index contributed by atoms with van der Waals surface area (Å²) in [5.41, 5.74) is -0.518. The Morgan fingerprint density at radius 1 is 1.28 bits per heavy atom. The van der Waals surface area contributed by atoms with Gasteiger partial charge in [0, 0.05) is 12.1 Å². The lowest BCUT2D eigenvalue weighted by Gasteiger charge is -2.38. The van der Waals surface area contributed by atoms with E-state index < -0.39 is 24.2 Å². The molecule has 0 aromatic heterocycles. The normalized spacial score (nSPS) is 25.5. The van der Waals surface area contributed by atoms with E-state index in [-0.39, 0.29) is 12.1 Å². The molecule has 1 atom stereocenters. The van der Waals surface area contributed by atoms with Crippen molar-refractivity contribution in [1.82, 2.24) is 10.6 Å². The van der Waals surface area contributed by atoms with Crippen LogP contribution in [-0.4, -0.2) is 36.2 Å². The van der Waals surface area contributed by atoms with Gasteiger partial charge in [-0.1, -0.05) is 0 Å². The minimum atomic E-state index is -2.36. The summed E-state index contributed by atoms with van der Waals surface area (Å²) < 4.78 is 29.7. The Kier molecular flexibility index (Phi) is 4.90. The standard InChI is InChI=1S/C12H22F2N2O2/c1-7(10(13)14)15-8-5-9(6-8)16-11(17)18-12(2,3)4/h7-10,15H,5-6H2,1-4H3,(H,16,17)/t7?,8-,9-. The van der Waals surface area contributed by atoms with Crippen molar-refractivity contribution in [3.63, 3.8) is 0 Å². The van der Waals surface area contributed by atoms with Crippen LogP contribution < -0.4 is 10.6 Å². The minimum absolute atomic E-state index is 0.0159. The van der Waals surface area contributed by atoms with E-state index in [1.807, 2.05) is 0 Å². The zero-order valence-corrected chi connectivity index (χ0v) is 11.3. The molecule has 0 bridgehead atoms. The van der Waals surface area contributed by atoms with Gasteiger partial charge in [-0.15, -0.1) is 0 Å². The highest BCUT2D eigenvalue weighted by Gasteiger charge is 2.33. The molecule has 1 saturated carbocycles. The first-order valence-electron chi connectivity index (χ1n) is 6.21. The molecule has 0 aromatic rings. The Balaban J connectivity index is 2.17. The first-order valence-corrected chi connectivity index (χ1v) is 6.21. The predicted molar refractivity (Wildman–Crippen MR) is 64.8 cm³/mol. The molecule has 1 amide bonds. The van der Waals surface area contributed by atoms with Gasteiger partial charge in [0.2, 0.25) is 0 Å². The summed E-state index contributed by atoms with van der Waals surface area (Å²) in [7, 11) is 0. The van der Waals surface area contributed by atoms with Crippen molar-refractivity contribution in [1.29, 1.82) is 0 Å². The summed E-state index contributed by atoms with van der Waals surface area (Å²) in [6.07, 6.45) is -1.48. The second kappa shape index (κ2) is 5.82. The number of hydrogen-bond donors (Lipinski definition) is 2. The van der Waals surface area contributed by atoms with Crippen molar-refractivity contribution in [3.05, 3.63) is 0 Å². The van der Waals surface area contributed by atoms with Gasteiger partial charge in [0.15, 0.2) is 0 Å². The fourth-order valence-corrected chi connectivity index (χ4v) is 1.79. The highest BCUT2D eigenvalue weighted by Crippen LogP contribution is 2.22. The largest absolute Gasteiger partial charge is 0.444 e. The molecular weight excluding hydrogens is 242 g/mol. The maximum atomic E-state index is 12.3. The van der Waals surface area contributed by atoms with E-state index in [4.69, 9.17) is 4.74 Å². The van der Waals surface area contributed by atoms with Gasteiger partial charge < -0.3 is 15.4 Å². The lowest BCUT2D eigenvalue weighted by atomic mass is 9.86. The third-order valence-corrected chi connectivity index (χ3v) is 2.74. The summed E-state index contributed by atoms with van der Waals surface area (Å²) in [6.45, 7) is 6.84. The SMILES string of the molecule is CC(N[C@H]1C[C@H](NC(=O)OC(C)(C)C)C1)C(F)F. The maximum Gasteiger partial charge on any atom is 0.407 e. The van der Waals surface area contributed by atoms with Crippen molar-refractivity contribution in [2.75, 3.05) is 0 Å². The number of carbonyl (C=O) groups excluding carboxylic acids is 1. The first-order chi connectivity index (χ1) is 8.17. The van der Waals surface area contributed by atoms with E-state index in [1.165, 1.54) is 6.92 Å². The van der Waals surface area contributed by atoms with Gasteiger partial charge in [-0.25, -0.2) is 13.6 Å². The number of alkyl carbamates (subject to hydrolysis) is 1. The Bertz CT molecular complexity index is 286. The number of ether oxygens (including phenoxy) is 1. The van der Waals surface area contributed by atoms with Crippen molar-refractivity contribution < 1.29 is 18.3 Å². The molecule has 1 unspecified atom stereocenters. The smallest absolute Gasteiger partial charge is 0.407 e. The number of alkyl halides is 2. The molecule has 0 spiro atoms. The molecule has 0 aromatic carbocycles. The highest BCUT2D eigenvalue weighted by atomic mass is 19.3. The molecule has 4 nitrogen and oxygen atoms in total. The zero-order chi connectivity index (χ0) is 13.9. The predicted octanol–water partition coefficient (Wildman–Crippen LogP) is 2.29. The molecule has 106 valence electrons. The molecular formula is C12H22F2N2O2. The average Bonchev–Trinajstić information content (AvgIpc) is 2.10. The summed E-state index contributed by atoms with van der Waals surface area (Å²) in [4.78, 5) is 11.4. The van der Waals surface area contributed by atoms with Crippen LogP contribution in [0.5, 0.6) is 0 Å². The summed E-state index contributed by atoms with van der Waals surface area (Å²) in [5, 5.41) is 5.54. The van der Waals surface area contributed by atoms with Gasteiger partial charge in [-0.05, 0) is 40.5 Å². The number of rotatable bonds is 4. The number of hydrogen-bond acceptors (Lipinski definition) is 3. The van der Waals surface area contributed by atoms with Gasteiger partial charge in [-0.2, -0.15) is 0 Å². The lowest BCUT2D eigenvalue weighted by molar-refractivity contribution is 0.0442. The molecule has 1 aliphatic carbocycles. The molecule has 6 heteroatoms. The quantitative estimate of drug-likeness (QED) is 0.819. The van der Waals surface area contributed by atoms with Crippen LogP contribution in [0.25, 0.3) is 0 Å². The molecule has 2 N–H and O–H groups in total. The van der Waals surface area contributed by atoms with Gasteiger partial charge in [0.1, 0.15) is 5.60 Å². The average molecular weight is 264 g/mol. The van der Waals surface area contributed by atoms with Gasteiger partial charge in [0.25, 0.3) is 6.43 Å². The molecule has 1 fully saturated rings. The fourth-order valence-electron chi connectivity index (χ4n) is 1.79. The van der Waals surface area contributed by atoms with Crippen LogP contribution in [0.2, 0.25) is 0 Å². The fraction of sp³-hybridized carbons (Fsp3) is 0.917. The Morgan fingerprint density at radius 2 is 1.83 bits per heavy atom. The summed E-state index contributed by atoms with van der Waals surface area (Å²) in [6, 6.07) is -0.742. The number of carbonyl (C=O) groups is 1. The van der Waals surface area contributed by atoms with Crippen molar-refractivity contribution in [2.24, 2.45) is 0 Å². The monoisotopic (exact) mass is 264 g/mol. The van der Waals surface area contributed by atoms with E-state index in [9.17, 15) is 13.6 Å². The van der Waals surface area contributed by atoms with Crippen LogP contribution >= 0.6 is 0 Å². The molecule has 0 aliphatic heterocycles. The molecule has 0 radical (unpaired) electrons. The first kappa shape index (κ1) is 15.1. The van der Waals surface area contributed by atoms with Crippen LogP contribution in [-0.2, 0) is 4.74 Å². The van der Waals surface area contributed by atoms with Crippen LogP contribution in [0.4, 0.5) is 13.6 Å². The molecule has 18 heavy (non-hydrogen) atoms. The lowest BCUT2D eigenvalue weighted by Crippen LogP contribution is -2.55. The van der Waals surface area contributed by atoms with E-state index in [0.29, 0.717) is 12.8 Å². The molecule has 0 saturated heterocycles. The number of nitrogens with one attached hydrogen (secondary N) is 2. The van der Waals surface area contributed by atoms with E-state index >= 15 is 0 Å². The topological polar surface area (TPSA) is 50.4 Å². The Labute approximate surface area is 106 Å². The second-order valence-electron chi connectivity index (χ2n) is 5.80.